The Morgan fingerprint density at radius 1 is 0.633 bits per heavy atom. The van der Waals surface area contributed by atoms with Crippen LogP contribution in [0.1, 0.15) is 138 Å². The summed E-state index contributed by atoms with van der Waals surface area (Å²) in [5, 5.41) is 19.8. The van der Waals surface area contributed by atoms with E-state index >= 15 is 0 Å². The first-order valence-corrected chi connectivity index (χ1v) is 12.7. The molecule has 0 unspecified atom stereocenters. The largest absolute Gasteiger partial charge is 0.508 e. The highest BCUT2D eigenvalue weighted by molar-refractivity contribution is 5.90. The highest BCUT2D eigenvalue weighted by atomic mass is 16.4. The zero-order valence-corrected chi connectivity index (χ0v) is 19.7. The number of carboxylic acids is 1. The van der Waals surface area contributed by atoms with Crippen molar-refractivity contribution in [2.75, 3.05) is 0 Å². The number of aromatic hydroxyl groups is 1. The fourth-order valence-electron chi connectivity index (χ4n) is 4.30. The van der Waals surface area contributed by atoms with E-state index < -0.39 is 5.97 Å². The van der Waals surface area contributed by atoms with Crippen LogP contribution in [0.15, 0.2) is 12.1 Å². The fourth-order valence-corrected chi connectivity index (χ4v) is 4.30. The maximum absolute atomic E-state index is 11.6. The summed E-state index contributed by atoms with van der Waals surface area (Å²) in [6.45, 7) is 4.38. The second kappa shape index (κ2) is 17.2. The van der Waals surface area contributed by atoms with Crippen LogP contribution in [0, 0.1) is 0 Å². The summed E-state index contributed by atoms with van der Waals surface area (Å²) in [6, 6.07) is 3.11. The molecule has 3 nitrogen and oxygen atoms in total. The third kappa shape index (κ3) is 11.0. The zero-order valence-electron chi connectivity index (χ0n) is 19.7. The molecule has 0 aliphatic rings. The molecule has 1 rings (SSSR count). The smallest absolute Gasteiger partial charge is 0.335 e. The lowest BCUT2D eigenvalue weighted by atomic mass is 9.92. The van der Waals surface area contributed by atoms with Crippen molar-refractivity contribution in [2.45, 2.75) is 129 Å². The predicted molar refractivity (Wildman–Crippen MR) is 128 cm³/mol. The van der Waals surface area contributed by atoms with Crippen molar-refractivity contribution in [3.8, 4) is 5.75 Å². The van der Waals surface area contributed by atoms with E-state index in [0.29, 0.717) is 5.56 Å². The topological polar surface area (TPSA) is 57.5 Å². The fraction of sp³-hybridized carbons (Fsp3) is 0.741. The van der Waals surface area contributed by atoms with Gasteiger partial charge in [0.2, 0.25) is 0 Å². The van der Waals surface area contributed by atoms with E-state index in [0.717, 1.165) is 49.7 Å². The van der Waals surface area contributed by atoms with Crippen molar-refractivity contribution in [2.24, 2.45) is 0 Å². The first-order valence-electron chi connectivity index (χ1n) is 12.7. The summed E-state index contributed by atoms with van der Waals surface area (Å²) < 4.78 is 0. The van der Waals surface area contributed by atoms with Gasteiger partial charge in [-0.3, -0.25) is 0 Å². The van der Waals surface area contributed by atoms with Crippen molar-refractivity contribution >= 4 is 5.97 Å². The van der Waals surface area contributed by atoms with Gasteiger partial charge in [0.25, 0.3) is 0 Å². The second-order valence-electron chi connectivity index (χ2n) is 8.84. The Balaban J connectivity index is 2.21. The summed E-state index contributed by atoms with van der Waals surface area (Å²) >= 11 is 0. The van der Waals surface area contributed by atoms with E-state index in [2.05, 4.69) is 13.8 Å². The summed E-state index contributed by atoms with van der Waals surface area (Å²) in [6.07, 6.45) is 22.0. The molecular formula is C27H46O3. The summed E-state index contributed by atoms with van der Waals surface area (Å²) in [4.78, 5) is 11.6. The van der Waals surface area contributed by atoms with Gasteiger partial charge in [-0.05, 0) is 48.9 Å². The first kappa shape index (κ1) is 26.5. The van der Waals surface area contributed by atoms with Crippen LogP contribution in [-0.4, -0.2) is 16.2 Å². The highest BCUT2D eigenvalue weighted by Crippen LogP contribution is 2.28. The van der Waals surface area contributed by atoms with Crippen LogP contribution < -0.4 is 0 Å². The Morgan fingerprint density at radius 3 is 1.53 bits per heavy atom. The van der Waals surface area contributed by atoms with Crippen LogP contribution in [0.4, 0.5) is 0 Å². The number of carbonyl (C=O) groups is 1. The van der Waals surface area contributed by atoms with E-state index in [9.17, 15) is 15.0 Å². The number of benzene rings is 1. The second-order valence-corrected chi connectivity index (χ2v) is 8.84. The molecule has 0 amide bonds. The van der Waals surface area contributed by atoms with Gasteiger partial charge < -0.3 is 10.2 Å². The highest BCUT2D eigenvalue weighted by Gasteiger charge is 2.16. The summed E-state index contributed by atoms with van der Waals surface area (Å²) in [5.74, 6) is -0.621. The van der Waals surface area contributed by atoms with Crippen LogP contribution in [-0.2, 0) is 12.8 Å². The van der Waals surface area contributed by atoms with Crippen LogP contribution in [0.25, 0.3) is 0 Å². The van der Waals surface area contributed by atoms with Crippen LogP contribution >= 0.6 is 0 Å². The SMILES string of the molecule is CCCCCCCCCCCCCCCCc1c(O)ccc(C(=O)O)c1CCCC. The average Bonchev–Trinajstić information content (AvgIpc) is 2.73. The van der Waals surface area contributed by atoms with Crippen molar-refractivity contribution < 1.29 is 15.0 Å². The van der Waals surface area contributed by atoms with Crippen molar-refractivity contribution in [1.82, 2.24) is 0 Å². The van der Waals surface area contributed by atoms with Crippen molar-refractivity contribution in [3.63, 3.8) is 0 Å². The Kier molecular flexibility index (Phi) is 15.2. The minimum Gasteiger partial charge on any atom is -0.508 e. The normalized spacial score (nSPS) is 11.1. The molecule has 0 radical (unpaired) electrons. The lowest BCUT2D eigenvalue weighted by Crippen LogP contribution is -2.07. The van der Waals surface area contributed by atoms with Crippen LogP contribution in [0.5, 0.6) is 5.75 Å². The molecule has 2 N–H and O–H groups in total. The Morgan fingerprint density at radius 2 is 1.07 bits per heavy atom. The van der Waals surface area contributed by atoms with E-state index in [1.165, 1.54) is 77.0 Å². The molecule has 1 aromatic rings. The lowest BCUT2D eigenvalue weighted by Gasteiger charge is -2.14. The molecule has 0 fully saturated rings. The molecule has 3 heteroatoms. The van der Waals surface area contributed by atoms with E-state index in [-0.39, 0.29) is 5.75 Å². The van der Waals surface area contributed by atoms with Gasteiger partial charge in [-0.25, -0.2) is 4.79 Å². The summed E-state index contributed by atoms with van der Waals surface area (Å²) in [5.41, 5.74) is 2.07. The van der Waals surface area contributed by atoms with E-state index in [4.69, 9.17) is 0 Å². The van der Waals surface area contributed by atoms with Crippen LogP contribution in [0.2, 0.25) is 0 Å². The molecule has 0 heterocycles. The number of carboxylic acid groups (broad SMARTS) is 1. The number of phenols is 1. The quantitative estimate of drug-likeness (QED) is 0.221. The van der Waals surface area contributed by atoms with Crippen LogP contribution in [0.3, 0.4) is 0 Å². The molecule has 172 valence electrons. The zero-order chi connectivity index (χ0) is 22.0. The van der Waals surface area contributed by atoms with Gasteiger partial charge in [-0.1, -0.05) is 104 Å². The maximum atomic E-state index is 11.6. The minimum atomic E-state index is -0.886. The molecule has 0 saturated heterocycles. The molecule has 0 spiro atoms. The van der Waals surface area contributed by atoms with Gasteiger partial charge in [-0.15, -0.1) is 0 Å². The standard InChI is InChI=1S/C27H46O3/c1-3-5-7-8-9-10-11-12-13-14-15-16-17-18-20-24-23(19-6-4-2)25(27(29)30)21-22-26(24)28/h21-22,28H,3-20H2,1-2H3,(H,29,30). The maximum Gasteiger partial charge on any atom is 0.335 e. The average molecular weight is 419 g/mol. The Hall–Kier alpha value is -1.51. The molecule has 30 heavy (non-hydrogen) atoms. The third-order valence-electron chi connectivity index (χ3n) is 6.20. The minimum absolute atomic E-state index is 0.265. The number of hydrogen-bond acceptors (Lipinski definition) is 2. The van der Waals surface area contributed by atoms with Gasteiger partial charge in [0.15, 0.2) is 0 Å². The molecular weight excluding hydrogens is 372 g/mol. The van der Waals surface area contributed by atoms with Gasteiger partial charge in [0.05, 0.1) is 5.56 Å². The van der Waals surface area contributed by atoms with Gasteiger partial charge in [-0.2, -0.15) is 0 Å². The first-order chi connectivity index (χ1) is 14.6. The molecule has 0 atom stereocenters. The molecule has 0 bridgehead atoms. The van der Waals surface area contributed by atoms with Crippen molar-refractivity contribution in [1.29, 1.82) is 0 Å². The predicted octanol–water partition coefficient (Wildman–Crippen LogP) is 8.46. The number of phenolic OH excluding ortho intramolecular Hbond substituents is 1. The van der Waals surface area contributed by atoms with E-state index in [1.807, 2.05) is 0 Å². The van der Waals surface area contributed by atoms with Gasteiger partial charge >= 0.3 is 5.97 Å². The third-order valence-corrected chi connectivity index (χ3v) is 6.20. The lowest BCUT2D eigenvalue weighted by molar-refractivity contribution is 0.0695. The van der Waals surface area contributed by atoms with Gasteiger partial charge in [0.1, 0.15) is 5.75 Å². The molecule has 0 aliphatic carbocycles. The number of unbranched alkanes of at least 4 members (excludes halogenated alkanes) is 14. The molecule has 0 saturated carbocycles. The molecule has 1 aromatic carbocycles. The molecule has 0 aromatic heterocycles. The van der Waals surface area contributed by atoms with Crippen molar-refractivity contribution in [3.05, 3.63) is 28.8 Å². The Bertz CT molecular complexity index is 580. The van der Waals surface area contributed by atoms with E-state index in [1.54, 1.807) is 12.1 Å². The summed E-state index contributed by atoms with van der Waals surface area (Å²) in [7, 11) is 0. The number of rotatable bonds is 19. The van der Waals surface area contributed by atoms with Gasteiger partial charge in [0, 0.05) is 0 Å². The monoisotopic (exact) mass is 418 g/mol. The molecule has 0 aliphatic heterocycles. The number of hydrogen-bond donors (Lipinski definition) is 2. The Labute approximate surface area is 185 Å². The number of aromatic carboxylic acids is 1.